The Labute approximate surface area is 106 Å². The Hall–Kier alpha value is -0.940. The number of nitrogens with zero attached hydrogens (tertiary/aromatic N) is 1. The average molecular weight is 256 g/mol. The first-order chi connectivity index (χ1) is 7.93. The molecule has 0 aliphatic carbocycles. The van der Waals surface area contributed by atoms with Crippen LogP contribution < -0.4 is 5.32 Å². The third-order valence-electron chi connectivity index (χ3n) is 2.26. The van der Waals surface area contributed by atoms with Crippen LogP contribution in [0.1, 0.15) is 41.1 Å². The summed E-state index contributed by atoms with van der Waals surface area (Å²) >= 11 is 1.41. The minimum atomic E-state index is -0.225. The molecular formula is C12H20N2O2S. The van der Waals surface area contributed by atoms with Gasteiger partial charge in [-0.15, -0.1) is 11.3 Å². The van der Waals surface area contributed by atoms with Crippen LogP contribution in [0.4, 0.5) is 0 Å². The van der Waals surface area contributed by atoms with Crippen molar-refractivity contribution in [1.29, 1.82) is 0 Å². The SMILES string of the molecule is Cc1nc(CC(C)C)c(C(=O)NC(C)CO)s1. The smallest absolute Gasteiger partial charge is 0.263 e. The number of hydrogen-bond acceptors (Lipinski definition) is 4. The van der Waals surface area contributed by atoms with Crippen LogP contribution in [0.3, 0.4) is 0 Å². The minimum Gasteiger partial charge on any atom is -0.394 e. The standard InChI is InChI=1S/C12H20N2O2S/c1-7(2)5-10-11(17-9(4)14-10)12(16)13-8(3)6-15/h7-8,15H,5-6H2,1-4H3,(H,13,16). The van der Waals surface area contributed by atoms with Crippen LogP contribution in [0.15, 0.2) is 0 Å². The molecule has 1 aromatic rings. The number of hydrogen-bond donors (Lipinski definition) is 2. The number of carbonyl (C=O) groups is 1. The number of aryl methyl sites for hydroxylation is 1. The number of rotatable bonds is 5. The molecule has 0 saturated carbocycles. The Morgan fingerprint density at radius 3 is 2.65 bits per heavy atom. The summed E-state index contributed by atoms with van der Waals surface area (Å²) in [6, 6.07) is -0.225. The molecule has 4 nitrogen and oxygen atoms in total. The summed E-state index contributed by atoms with van der Waals surface area (Å²) in [6.07, 6.45) is 0.806. The second-order valence-electron chi connectivity index (χ2n) is 4.66. The molecule has 0 radical (unpaired) electrons. The lowest BCUT2D eigenvalue weighted by Gasteiger charge is -2.10. The van der Waals surface area contributed by atoms with E-state index in [9.17, 15) is 4.79 Å². The van der Waals surface area contributed by atoms with Crippen molar-refractivity contribution in [2.24, 2.45) is 5.92 Å². The number of aliphatic hydroxyl groups is 1. The van der Waals surface area contributed by atoms with Crippen molar-refractivity contribution in [2.75, 3.05) is 6.61 Å². The van der Waals surface area contributed by atoms with Crippen molar-refractivity contribution >= 4 is 17.2 Å². The summed E-state index contributed by atoms with van der Waals surface area (Å²) in [5.41, 5.74) is 0.866. The number of aromatic nitrogens is 1. The molecule has 17 heavy (non-hydrogen) atoms. The lowest BCUT2D eigenvalue weighted by molar-refractivity contribution is 0.0925. The van der Waals surface area contributed by atoms with E-state index in [-0.39, 0.29) is 18.6 Å². The Kier molecular flexibility index (Phi) is 5.08. The number of carbonyl (C=O) groups excluding carboxylic acids is 1. The zero-order valence-corrected chi connectivity index (χ0v) is 11.6. The summed E-state index contributed by atoms with van der Waals surface area (Å²) in [5, 5.41) is 12.6. The fourth-order valence-corrected chi connectivity index (χ4v) is 2.36. The van der Waals surface area contributed by atoms with Gasteiger partial charge in [-0.25, -0.2) is 4.98 Å². The summed E-state index contributed by atoms with van der Waals surface area (Å²) in [5.74, 6) is 0.339. The summed E-state index contributed by atoms with van der Waals surface area (Å²) in [4.78, 5) is 17.1. The van der Waals surface area contributed by atoms with Crippen molar-refractivity contribution < 1.29 is 9.90 Å². The molecule has 1 heterocycles. The molecule has 1 atom stereocenters. The second kappa shape index (κ2) is 6.12. The molecule has 2 N–H and O–H groups in total. The second-order valence-corrected chi connectivity index (χ2v) is 5.87. The van der Waals surface area contributed by atoms with Gasteiger partial charge in [0.2, 0.25) is 0 Å². The van der Waals surface area contributed by atoms with Gasteiger partial charge < -0.3 is 10.4 Å². The predicted molar refractivity (Wildman–Crippen MR) is 69.4 cm³/mol. The largest absolute Gasteiger partial charge is 0.394 e. The van der Waals surface area contributed by atoms with Gasteiger partial charge in [0.1, 0.15) is 4.88 Å². The first kappa shape index (κ1) is 14.1. The topological polar surface area (TPSA) is 62.2 Å². The van der Waals surface area contributed by atoms with Crippen molar-refractivity contribution in [3.63, 3.8) is 0 Å². The van der Waals surface area contributed by atoms with Gasteiger partial charge in [-0.2, -0.15) is 0 Å². The average Bonchev–Trinajstić information content (AvgIpc) is 2.58. The van der Waals surface area contributed by atoms with Crippen molar-refractivity contribution in [2.45, 2.75) is 40.2 Å². The number of nitrogens with one attached hydrogen (secondary N) is 1. The third kappa shape index (κ3) is 4.09. The number of thiazole rings is 1. The van der Waals surface area contributed by atoms with E-state index in [2.05, 4.69) is 24.1 Å². The molecule has 0 aromatic carbocycles. The van der Waals surface area contributed by atoms with Crippen LogP contribution in [-0.4, -0.2) is 28.6 Å². The van der Waals surface area contributed by atoms with E-state index >= 15 is 0 Å². The quantitative estimate of drug-likeness (QED) is 0.844. The van der Waals surface area contributed by atoms with E-state index in [0.717, 1.165) is 17.1 Å². The van der Waals surface area contributed by atoms with E-state index in [1.54, 1.807) is 6.92 Å². The molecule has 0 saturated heterocycles. The van der Waals surface area contributed by atoms with Crippen LogP contribution in [0.25, 0.3) is 0 Å². The Balaban J connectivity index is 2.84. The maximum absolute atomic E-state index is 12.0. The predicted octanol–water partition coefficient (Wildman–Crippen LogP) is 1.76. The van der Waals surface area contributed by atoms with Crippen molar-refractivity contribution in [3.05, 3.63) is 15.6 Å². The van der Waals surface area contributed by atoms with Gasteiger partial charge in [0.05, 0.1) is 17.3 Å². The molecule has 1 rings (SSSR count). The molecule has 0 fully saturated rings. The van der Waals surface area contributed by atoms with Gasteiger partial charge in [-0.3, -0.25) is 4.79 Å². The van der Waals surface area contributed by atoms with Crippen molar-refractivity contribution in [1.82, 2.24) is 10.3 Å². The fraction of sp³-hybridized carbons (Fsp3) is 0.667. The zero-order valence-electron chi connectivity index (χ0n) is 10.8. The van der Waals surface area contributed by atoms with Crippen LogP contribution in [-0.2, 0) is 6.42 Å². The van der Waals surface area contributed by atoms with Crippen LogP contribution in [0.2, 0.25) is 0 Å². The Bertz CT molecular complexity index is 388. The molecule has 96 valence electrons. The Morgan fingerprint density at radius 2 is 2.12 bits per heavy atom. The fourth-order valence-electron chi connectivity index (χ4n) is 1.51. The highest BCUT2D eigenvalue weighted by molar-refractivity contribution is 7.13. The lowest BCUT2D eigenvalue weighted by Crippen LogP contribution is -2.35. The minimum absolute atomic E-state index is 0.0525. The van der Waals surface area contributed by atoms with Gasteiger partial charge in [0.15, 0.2) is 0 Å². The summed E-state index contributed by atoms with van der Waals surface area (Å²) in [6.45, 7) is 7.83. The highest BCUT2D eigenvalue weighted by Gasteiger charge is 2.18. The van der Waals surface area contributed by atoms with Crippen LogP contribution >= 0.6 is 11.3 Å². The van der Waals surface area contributed by atoms with Gasteiger partial charge in [0, 0.05) is 6.04 Å². The monoisotopic (exact) mass is 256 g/mol. The highest BCUT2D eigenvalue weighted by atomic mass is 32.1. The Morgan fingerprint density at radius 1 is 1.47 bits per heavy atom. The normalized spacial score (nSPS) is 12.8. The van der Waals surface area contributed by atoms with E-state index in [4.69, 9.17) is 5.11 Å². The molecule has 1 amide bonds. The zero-order chi connectivity index (χ0) is 13.0. The molecular weight excluding hydrogens is 236 g/mol. The van der Waals surface area contributed by atoms with Gasteiger partial charge in [0.25, 0.3) is 5.91 Å². The number of amides is 1. The molecule has 0 aliphatic rings. The van der Waals surface area contributed by atoms with Crippen LogP contribution in [0, 0.1) is 12.8 Å². The molecule has 1 aromatic heterocycles. The van der Waals surface area contributed by atoms with Gasteiger partial charge in [-0.05, 0) is 26.2 Å². The first-order valence-corrected chi connectivity index (χ1v) is 6.63. The summed E-state index contributed by atoms with van der Waals surface area (Å²) < 4.78 is 0. The van der Waals surface area contributed by atoms with Gasteiger partial charge in [-0.1, -0.05) is 13.8 Å². The van der Waals surface area contributed by atoms with E-state index in [0.29, 0.717) is 10.8 Å². The van der Waals surface area contributed by atoms with Crippen LogP contribution in [0.5, 0.6) is 0 Å². The molecule has 0 bridgehead atoms. The molecule has 5 heteroatoms. The molecule has 0 aliphatic heterocycles. The van der Waals surface area contributed by atoms with E-state index in [1.165, 1.54) is 11.3 Å². The van der Waals surface area contributed by atoms with E-state index < -0.39 is 0 Å². The van der Waals surface area contributed by atoms with Gasteiger partial charge >= 0.3 is 0 Å². The highest BCUT2D eigenvalue weighted by Crippen LogP contribution is 2.20. The summed E-state index contributed by atoms with van der Waals surface area (Å²) in [7, 11) is 0. The molecule has 1 unspecified atom stereocenters. The first-order valence-electron chi connectivity index (χ1n) is 5.82. The third-order valence-corrected chi connectivity index (χ3v) is 3.28. The maximum Gasteiger partial charge on any atom is 0.263 e. The number of aliphatic hydroxyl groups excluding tert-OH is 1. The van der Waals surface area contributed by atoms with Crippen molar-refractivity contribution in [3.8, 4) is 0 Å². The lowest BCUT2D eigenvalue weighted by atomic mass is 10.1. The maximum atomic E-state index is 12.0. The molecule has 0 spiro atoms. The van der Waals surface area contributed by atoms with E-state index in [1.807, 2.05) is 6.92 Å².